The van der Waals surface area contributed by atoms with Gasteiger partial charge in [0.15, 0.2) is 23.5 Å². The van der Waals surface area contributed by atoms with Gasteiger partial charge in [-0.2, -0.15) is 0 Å². The highest BCUT2D eigenvalue weighted by atomic mass is 16.3. The van der Waals surface area contributed by atoms with E-state index in [1.165, 1.54) is 11.0 Å². The first-order chi connectivity index (χ1) is 16.3. The summed E-state index contributed by atoms with van der Waals surface area (Å²) in [5.74, 6) is -6.38. The van der Waals surface area contributed by atoms with Crippen molar-refractivity contribution in [2.45, 2.75) is 31.4 Å². The number of hydrogen-bond donors (Lipinski definition) is 4. The highest BCUT2D eigenvalue weighted by molar-refractivity contribution is 6.25. The van der Waals surface area contributed by atoms with Crippen LogP contribution in [0.4, 0.5) is 5.69 Å². The molecule has 0 aliphatic heterocycles. The number of anilines is 1. The van der Waals surface area contributed by atoms with Gasteiger partial charge in [-0.1, -0.05) is 0 Å². The molecule has 0 radical (unpaired) electrons. The minimum atomic E-state index is -2.62. The molecule has 4 rings (SSSR count). The van der Waals surface area contributed by atoms with E-state index in [0.29, 0.717) is 17.5 Å². The van der Waals surface area contributed by atoms with Gasteiger partial charge in [-0.15, -0.1) is 0 Å². The van der Waals surface area contributed by atoms with Crippen LogP contribution < -0.4 is 4.90 Å². The molecule has 1 aromatic rings. The van der Waals surface area contributed by atoms with Crippen LogP contribution in [0.25, 0.3) is 5.76 Å². The Morgan fingerprint density at radius 1 is 1.14 bits per heavy atom. The number of benzene rings is 1. The molecule has 10 heteroatoms. The molecule has 4 N–H and O–H groups in total. The minimum absolute atomic E-state index is 0.0357. The van der Waals surface area contributed by atoms with E-state index in [-0.39, 0.29) is 29.5 Å². The smallest absolute Gasteiger partial charge is 0.202 e. The number of likely N-dealkylation sites (N-methyl/N-ethyl adjacent to an activating group) is 1. The number of carbonyl (C=O) groups is 4. The second-order valence-corrected chi connectivity index (χ2v) is 9.85. The van der Waals surface area contributed by atoms with Crippen LogP contribution in [0.15, 0.2) is 23.0 Å². The highest BCUT2D eigenvalue weighted by Gasteiger charge is 2.64. The van der Waals surface area contributed by atoms with Crippen molar-refractivity contribution >= 4 is 35.1 Å². The van der Waals surface area contributed by atoms with Crippen molar-refractivity contribution in [2.75, 3.05) is 33.1 Å². The van der Waals surface area contributed by atoms with E-state index in [4.69, 9.17) is 0 Å². The molecular weight excluding hydrogens is 456 g/mol. The quantitative estimate of drug-likeness (QED) is 0.358. The minimum Gasteiger partial charge on any atom is -0.508 e. The van der Waals surface area contributed by atoms with E-state index in [1.807, 2.05) is 0 Å². The number of carbonyl (C=O) groups excluding carboxylic acids is 4. The number of aliphatic hydroxyl groups excluding tert-OH is 2. The van der Waals surface area contributed by atoms with Crippen LogP contribution in [0.5, 0.6) is 5.75 Å². The second-order valence-electron chi connectivity index (χ2n) is 9.85. The zero-order valence-corrected chi connectivity index (χ0v) is 20.1. The second kappa shape index (κ2) is 8.03. The zero-order chi connectivity index (χ0) is 26.1. The van der Waals surface area contributed by atoms with E-state index in [9.17, 15) is 39.6 Å². The van der Waals surface area contributed by atoms with Crippen molar-refractivity contribution in [3.63, 3.8) is 0 Å². The summed E-state index contributed by atoms with van der Waals surface area (Å²) in [5.41, 5.74) is -2.60. The molecule has 186 valence electrons. The molecule has 0 amide bonds. The molecule has 3 aliphatic rings. The number of phenolic OH excluding ortho intramolecular Hbond substituents is 1. The highest BCUT2D eigenvalue weighted by Crippen LogP contribution is 2.54. The molecular formula is C25H28N2O8. The summed E-state index contributed by atoms with van der Waals surface area (Å²) < 4.78 is 0. The summed E-state index contributed by atoms with van der Waals surface area (Å²) in [6.07, 6.45) is 0.640. The Hall–Kier alpha value is -3.50. The number of aromatic hydroxyl groups is 1. The number of hydrogen-bond acceptors (Lipinski definition) is 10. The van der Waals surface area contributed by atoms with Gasteiger partial charge in [0.25, 0.3) is 0 Å². The SMILES string of the molecule is CC(=O)C1=C(O)[C@@]2(O)C(=O)C3=C(O)c4c(O)c(C=O)cc(N(C)C)c4C[C@H]3C[C@H]2C(N(C)C)C1=O. The third-order valence-corrected chi connectivity index (χ3v) is 7.44. The lowest BCUT2D eigenvalue weighted by Crippen LogP contribution is -2.65. The summed E-state index contributed by atoms with van der Waals surface area (Å²) in [7, 11) is 6.62. The Labute approximate surface area is 201 Å². The van der Waals surface area contributed by atoms with Crippen LogP contribution >= 0.6 is 0 Å². The number of Topliss-reactive ketones (excluding diaryl/α,β-unsaturated/α-hetero) is 3. The van der Waals surface area contributed by atoms with Gasteiger partial charge in [0.05, 0.1) is 17.2 Å². The fourth-order valence-corrected chi connectivity index (χ4v) is 5.90. The van der Waals surface area contributed by atoms with Crippen LogP contribution in [0.3, 0.4) is 0 Å². The fourth-order valence-electron chi connectivity index (χ4n) is 5.90. The number of aliphatic hydroxyl groups is 3. The van der Waals surface area contributed by atoms with Crippen molar-refractivity contribution in [1.82, 2.24) is 4.90 Å². The predicted octanol–water partition coefficient (Wildman–Crippen LogP) is 0.946. The lowest BCUT2D eigenvalue weighted by Gasteiger charge is -2.50. The standard InChI is InChI=1S/C25H28N2O8/c1-10(29)16-22(32)19(27(4)5)14-7-11-6-13-15(26(2)3)8-12(9-28)20(30)18(13)21(31)17(11)24(34)25(14,35)23(16)33/h8-9,11,14,19,30-31,33,35H,6-7H2,1-5H3/t11-,14-,19?,25+/m0/s1. The van der Waals surface area contributed by atoms with Crippen molar-refractivity contribution < 1.29 is 39.6 Å². The molecule has 1 unspecified atom stereocenters. The normalized spacial score (nSPS) is 28.0. The summed E-state index contributed by atoms with van der Waals surface area (Å²) in [6.45, 7) is 1.06. The van der Waals surface area contributed by atoms with E-state index >= 15 is 0 Å². The van der Waals surface area contributed by atoms with Crippen LogP contribution in [-0.2, 0) is 20.8 Å². The molecule has 4 atom stereocenters. The Morgan fingerprint density at radius 2 is 1.77 bits per heavy atom. The zero-order valence-electron chi connectivity index (χ0n) is 20.1. The summed E-state index contributed by atoms with van der Waals surface area (Å²) in [6, 6.07) is 0.420. The lowest BCUT2D eigenvalue weighted by molar-refractivity contribution is -0.153. The van der Waals surface area contributed by atoms with E-state index < -0.39 is 63.7 Å². The first-order valence-corrected chi connectivity index (χ1v) is 11.2. The number of aldehydes is 1. The van der Waals surface area contributed by atoms with E-state index in [1.54, 1.807) is 33.1 Å². The van der Waals surface area contributed by atoms with Gasteiger partial charge in [0.1, 0.15) is 22.8 Å². The summed E-state index contributed by atoms with van der Waals surface area (Å²) in [4.78, 5) is 54.0. The Morgan fingerprint density at radius 3 is 2.29 bits per heavy atom. The predicted molar refractivity (Wildman–Crippen MR) is 125 cm³/mol. The largest absolute Gasteiger partial charge is 0.508 e. The van der Waals surface area contributed by atoms with Gasteiger partial charge in [0.2, 0.25) is 5.78 Å². The monoisotopic (exact) mass is 484 g/mol. The van der Waals surface area contributed by atoms with Crippen molar-refractivity contribution in [2.24, 2.45) is 11.8 Å². The molecule has 0 spiro atoms. The lowest BCUT2D eigenvalue weighted by atomic mass is 9.57. The van der Waals surface area contributed by atoms with Crippen LogP contribution in [0.2, 0.25) is 0 Å². The van der Waals surface area contributed by atoms with Crippen LogP contribution in [-0.4, -0.2) is 88.8 Å². The van der Waals surface area contributed by atoms with Gasteiger partial charge in [0, 0.05) is 31.3 Å². The number of ketones is 3. The van der Waals surface area contributed by atoms with E-state index in [0.717, 1.165) is 6.92 Å². The molecule has 0 saturated heterocycles. The van der Waals surface area contributed by atoms with Gasteiger partial charge >= 0.3 is 0 Å². The summed E-state index contributed by atoms with van der Waals surface area (Å²) >= 11 is 0. The van der Waals surface area contributed by atoms with Crippen LogP contribution in [0, 0.1) is 11.8 Å². The Bertz CT molecular complexity index is 1260. The van der Waals surface area contributed by atoms with Crippen molar-refractivity contribution in [3.05, 3.63) is 39.7 Å². The molecule has 10 nitrogen and oxygen atoms in total. The van der Waals surface area contributed by atoms with E-state index in [2.05, 4.69) is 0 Å². The van der Waals surface area contributed by atoms with Crippen molar-refractivity contribution in [3.8, 4) is 5.75 Å². The van der Waals surface area contributed by atoms with Gasteiger partial charge < -0.3 is 25.3 Å². The molecule has 0 aromatic heterocycles. The third-order valence-electron chi connectivity index (χ3n) is 7.44. The van der Waals surface area contributed by atoms with Crippen LogP contribution in [0.1, 0.15) is 34.8 Å². The molecule has 1 saturated carbocycles. The molecule has 0 heterocycles. The van der Waals surface area contributed by atoms with Gasteiger partial charge in [-0.25, -0.2) is 0 Å². The topological polar surface area (TPSA) is 156 Å². The first-order valence-electron chi connectivity index (χ1n) is 11.2. The number of rotatable bonds is 4. The molecule has 1 fully saturated rings. The fraction of sp³-hybridized carbons (Fsp3) is 0.440. The first kappa shape index (κ1) is 24.6. The number of fused-ring (bicyclic) bond motifs is 3. The molecule has 35 heavy (non-hydrogen) atoms. The average molecular weight is 485 g/mol. The van der Waals surface area contributed by atoms with Crippen molar-refractivity contribution in [1.29, 1.82) is 0 Å². The van der Waals surface area contributed by atoms with Gasteiger partial charge in [-0.3, -0.25) is 24.1 Å². The maximum atomic E-state index is 13.8. The number of nitrogens with zero attached hydrogens (tertiary/aromatic N) is 2. The Kier molecular flexibility index (Phi) is 5.65. The third kappa shape index (κ3) is 3.16. The Balaban J connectivity index is 2.02. The number of phenols is 1. The molecule has 3 aliphatic carbocycles. The molecule has 0 bridgehead atoms. The maximum absolute atomic E-state index is 13.8. The molecule has 1 aromatic carbocycles. The maximum Gasteiger partial charge on any atom is 0.202 e. The average Bonchev–Trinajstić information content (AvgIpc) is 2.75. The summed E-state index contributed by atoms with van der Waals surface area (Å²) in [5, 5.41) is 44.5. The van der Waals surface area contributed by atoms with Gasteiger partial charge in [-0.05, 0) is 51.4 Å².